The molecule has 4 nitrogen and oxygen atoms in total. The maximum atomic E-state index is 12.2. The number of aromatic nitrogens is 1. The van der Waals surface area contributed by atoms with Crippen molar-refractivity contribution < 1.29 is 9.53 Å². The molecule has 1 aliphatic rings. The van der Waals surface area contributed by atoms with Gasteiger partial charge in [0.05, 0.1) is 18.7 Å². The molecule has 1 amide bonds. The van der Waals surface area contributed by atoms with Gasteiger partial charge in [-0.15, -0.1) is 0 Å². The lowest BCUT2D eigenvalue weighted by Gasteiger charge is -2.36. The molecule has 1 aromatic carbocycles. The minimum Gasteiger partial charge on any atom is -0.367 e. The van der Waals surface area contributed by atoms with Gasteiger partial charge in [-0.3, -0.25) is 4.79 Å². The Morgan fingerprint density at radius 1 is 1.38 bits per heavy atom. The average molecular weight is 286 g/mol. The number of hydrogen-bond donors (Lipinski definition) is 0. The molecule has 2 aromatic rings. The highest BCUT2D eigenvalue weighted by Crippen LogP contribution is 2.40. The summed E-state index contributed by atoms with van der Waals surface area (Å²) in [6, 6.07) is 8.41. The molecule has 0 saturated heterocycles. The lowest BCUT2D eigenvalue weighted by Crippen LogP contribution is -2.40. The molecule has 0 spiro atoms. The van der Waals surface area contributed by atoms with Crippen molar-refractivity contribution in [2.75, 3.05) is 20.7 Å². The Morgan fingerprint density at radius 2 is 2.10 bits per heavy atom. The minimum absolute atomic E-state index is 0.0932. The normalized spacial score (nSPS) is 21.3. The molecule has 0 fully saturated rings. The molecule has 0 radical (unpaired) electrons. The van der Waals surface area contributed by atoms with Crippen LogP contribution in [0.3, 0.4) is 0 Å². The van der Waals surface area contributed by atoms with Crippen LogP contribution in [-0.4, -0.2) is 36.1 Å². The van der Waals surface area contributed by atoms with E-state index < -0.39 is 5.60 Å². The third-order valence-electron chi connectivity index (χ3n) is 4.45. The van der Waals surface area contributed by atoms with Crippen LogP contribution in [0.25, 0.3) is 10.9 Å². The summed E-state index contributed by atoms with van der Waals surface area (Å²) < 4.78 is 8.37. The van der Waals surface area contributed by atoms with Crippen molar-refractivity contribution in [3.63, 3.8) is 0 Å². The SMILES string of the molecule is Cc1c2n(c3ccccc13)CCOC2(C)CC(=O)N(C)C. The molecule has 1 aromatic heterocycles. The minimum atomic E-state index is -0.553. The van der Waals surface area contributed by atoms with Gasteiger partial charge in [-0.05, 0) is 25.5 Å². The van der Waals surface area contributed by atoms with Gasteiger partial charge in [-0.2, -0.15) is 0 Å². The number of carbonyl (C=O) groups is 1. The van der Waals surface area contributed by atoms with E-state index >= 15 is 0 Å². The van der Waals surface area contributed by atoms with E-state index in [1.807, 2.05) is 6.92 Å². The molecule has 0 N–H and O–H groups in total. The maximum Gasteiger partial charge on any atom is 0.225 e. The summed E-state index contributed by atoms with van der Waals surface area (Å²) in [5.74, 6) is 0.0932. The summed E-state index contributed by atoms with van der Waals surface area (Å²) in [6.45, 7) is 5.64. The Kier molecular flexibility index (Phi) is 3.29. The first-order valence-electron chi connectivity index (χ1n) is 7.36. The summed E-state index contributed by atoms with van der Waals surface area (Å²) >= 11 is 0. The number of fused-ring (bicyclic) bond motifs is 3. The van der Waals surface area contributed by atoms with Gasteiger partial charge in [0.25, 0.3) is 0 Å². The highest BCUT2D eigenvalue weighted by atomic mass is 16.5. The highest BCUT2D eigenvalue weighted by Gasteiger charge is 2.39. The van der Waals surface area contributed by atoms with E-state index in [-0.39, 0.29) is 5.91 Å². The predicted molar refractivity (Wildman–Crippen MR) is 83.3 cm³/mol. The van der Waals surface area contributed by atoms with Crippen molar-refractivity contribution in [3.8, 4) is 0 Å². The molecule has 1 aliphatic heterocycles. The second-order valence-corrected chi connectivity index (χ2v) is 6.19. The van der Waals surface area contributed by atoms with E-state index in [4.69, 9.17) is 4.74 Å². The predicted octanol–water partition coefficient (Wildman–Crippen LogP) is 2.67. The number of benzene rings is 1. The van der Waals surface area contributed by atoms with Crippen LogP contribution in [0.1, 0.15) is 24.6 Å². The Morgan fingerprint density at radius 3 is 2.81 bits per heavy atom. The van der Waals surface area contributed by atoms with Crippen LogP contribution < -0.4 is 0 Å². The van der Waals surface area contributed by atoms with Gasteiger partial charge in [0.2, 0.25) is 5.91 Å². The van der Waals surface area contributed by atoms with Gasteiger partial charge in [-0.25, -0.2) is 0 Å². The van der Waals surface area contributed by atoms with Crippen molar-refractivity contribution >= 4 is 16.8 Å². The van der Waals surface area contributed by atoms with Crippen molar-refractivity contribution in [2.24, 2.45) is 0 Å². The first kappa shape index (κ1) is 14.1. The number of nitrogens with zero attached hydrogens (tertiary/aromatic N) is 2. The van der Waals surface area contributed by atoms with Gasteiger partial charge in [-0.1, -0.05) is 18.2 Å². The Hall–Kier alpha value is -1.81. The Labute approximate surface area is 125 Å². The summed E-state index contributed by atoms with van der Waals surface area (Å²) in [5.41, 5.74) is 3.05. The van der Waals surface area contributed by atoms with Gasteiger partial charge in [0, 0.05) is 31.5 Å². The summed E-state index contributed by atoms with van der Waals surface area (Å²) in [6.07, 6.45) is 0.372. The maximum absolute atomic E-state index is 12.2. The van der Waals surface area contributed by atoms with E-state index in [1.165, 1.54) is 16.5 Å². The van der Waals surface area contributed by atoms with Crippen LogP contribution in [0.2, 0.25) is 0 Å². The van der Waals surface area contributed by atoms with Gasteiger partial charge in [0.15, 0.2) is 0 Å². The summed E-state index contributed by atoms with van der Waals surface area (Å²) in [7, 11) is 3.58. The molecule has 0 aliphatic carbocycles. The second kappa shape index (κ2) is 4.88. The zero-order chi connectivity index (χ0) is 15.2. The molecule has 3 rings (SSSR count). The molecule has 0 bridgehead atoms. The summed E-state index contributed by atoms with van der Waals surface area (Å²) in [4.78, 5) is 13.8. The second-order valence-electron chi connectivity index (χ2n) is 6.19. The first-order valence-corrected chi connectivity index (χ1v) is 7.36. The number of carbonyl (C=O) groups excluding carboxylic acids is 1. The van der Waals surface area contributed by atoms with Crippen molar-refractivity contribution in [3.05, 3.63) is 35.5 Å². The number of amides is 1. The molecule has 1 unspecified atom stereocenters. The van der Waals surface area contributed by atoms with Crippen LogP contribution in [0.4, 0.5) is 0 Å². The van der Waals surface area contributed by atoms with Gasteiger partial charge in [0.1, 0.15) is 5.60 Å². The smallest absolute Gasteiger partial charge is 0.225 e. The van der Waals surface area contributed by atoms with E-state index in [9.17, 15) is 4.79 Å². The number of rotatable bonds is 2. The zero-order valence-corrected chi connectivity index (χ0v) is 13.1. The van der Waals surface area contributed by atoms with E-state index in [0.717, 1.165) is 12.2 Å². The largest absolute Gasteiger partial charge is 0.367 e. The molecule has 0 saturated carbocycles. The van der Waals surface area contributed by atoms with Crippen LogP contribution in [0.5, 0.6) is 0 Å². The summed E-state index contributed by atoms with van der Waals surface area (Å²) in [5, 5.41) is 1.25. The number of ether oxygens (including phenoxy) is 1. The molecule has 4 heteroatoms. The topological polar surface area (TPSA) is 34.5 Å². The van der Waals surface area contributed by atoms with Crippen LogP contribution in [0, 0.1) is 6.92 Å². The van der Waals surface area contributed by atoms with Crippen molar-refractivity contribution in [2.45, 2.75) is 32.4 Å². The lowest BCUT2D eigenvalue weighted by molar-refractivity contribution is -0.139. The fraction of sp³-hybridized carbons (Fsp3) is 0.471. The number of hydrogen-bond acceptors (Lipinski definition) is 2. The Balaban J connectivity index is 2.15. The van der Waals surface area contributed by atoms with Crippen LogP contribution >= 0.6 is 0 Å². The van der Waals surface area contributed by atoms with E-state index in [1.54, 1.807) is 19.0 Å². The van der Waals surface area contributed by atoms with Gasteiger partial charge < -0.3 is 14.2 Å². The molecular formula is C17H22N2O2. The average Bonchev–Trinajstić information content (AvgIpc) is 2.74. The van der Waals surface area contributed by atoms with Crippen LogP contribution in [0.15, 0.2) is 24.3 Å². The first-order chi connectivity index (χ1) is 9.94. The van der Waals surface area contributed by atoms with Crippen LogP contribution in [-0.2, 0) is 21.7 Å². The molecule has 112 valence electrons. The van der Waals surface area contributed by atoms with E-state index in [2.05, 4.69) is 35.8 Å². The van der Waals surface area contributed by atoms with Gasteiger partial charge >= 0.3 is 0 Å². The van der Waals surface area contributed by atoms with E-state index in [0.29, 0.717) is 13.0 Å². The van der Waals surface area contributed by atoms with Crippen molar-refractivity contribution in [1.29, 1.82) is 0 Å². The highest BCUT2D eigenvalue weighted by molar-refractivity contribution is 5.86. The zero-order valence-electron chi connectivity index (χ0n) is 13.1. The van der Waals surface area contributed by atoms with Crippen molar-refractivity contribution in [1.82, 2.24) is 9.47 Å². The molecule has 1 atom stereocenters. The fourth-order valence-electron chi connectivity index (χ4n) is 3.40. The Bertz CT molecular complexity index is 702. The standard InChI is InChI=1S/C17H22N2O2/c1-12-13-7-5-6-8-14(13)19-9-10-21-17(2,16(12)19)11-15(20)18(3)4/h5-8H,9-11H2,1-4H3. The molecule has 21 heavy (non-hydrogen) atoms. The molecular weight excluding hydrogens is 264 g/mol. The monoisotopic (exact) mass is 286 g/mol. The number of aryl methyl sites for hydroxylation is 1. The molecule has 2 heterocycles. The fourth-order valence-corrected chi connectivity index (χ4v) is 3.40. The number of para-hydroxylation sites is 1. The third kappa shape index (κ3) is 2.14. The lowest BCUT2D eigenvalue weighted by atomic mass is 9.92. The quantitative estimate of drug-likeness (QED) is 0.850. The third-order valence-corrected chi connectivity index (χ3v) is 4.45.